The quantitative estimate of drug-likeness (QED) is 0.890. The molecule has 2 aromatic rings. The number of rotatable bonds is 6. The number of benzene rings is 1. The predicted molar refractivity (Wildman–Crippen MR) is 82.3 cm³/mol. The van der Waals surface area contributed by atoms with Gasteiger partial charge < -0.3 is 10.1 Å². The maximum absolute atomic E-state index is 13.1. The molecule has 0 aliphatic rings. The minimum atomic E-state index is -0.748. The van der Waals surface area contributed by atoms with Gasteiger partial charge in [-0.2, -0.15) is 5.10 Å². The van der Waals surface area contributed by atoms with E-state index in [2.05, 4.69) is 10.4 Å². The summed E-state index contributed by atoms with van der Waals surface area (Å²) in [6.07, 6.45) is 1.79. The molecule has 22 heavy (non-hydrogen) atoms. The molecule has 0 bridgehead atoms. The number of halogens is 1. The number of amides is 1. The van der Waals surface area contributed by atoms with Crippen LogP contribution in [0, 0.1) is 5.82 Å². The Morgan fingerprint density at radius 3 is 2.86 bits per heavy atom. The van der Waals surface area contributed by atoms with Crippen molar-refractivity contribution in [2.45, 2.75) is 39.3 Å². The second kappa shape index (κ2) is 7.06. The average Bonchev–Trinajstić information content (AvgIpc) is 2.94. The fourth-order valence-electron chi connectivity index (χ4n) is 1.96. The van der Waals surface area contributed by atoms with Crippen molar-refractivity contribution in [3.63, 3.8) is 0 Å². The lowest BCUT2D eigenvalue weighted by molar-refractivity contribution is -0.122. The Kier molecular flexibility index (Phi) is 5.14. The number of hydrogen-bond acceptors (Lipinski definition) is 3. The van der Waals surface area contributed by atoms with Crippen molar-refractivity contribution in [1.29, 1.82) is 0 Å². The maximum atomic E-state index is 13.1. The first-order valence-electron chi connectivity index (χ1n) is 7.28. The lowest BCUT2D eigenvalue weighted by Gasteiger charge is -2.17. The van der Waals surface area contributed by atoms with Gasteiger partial charge in [0, 0.05) is 12.1 Å². The standard InChI is InChI=1S/C16H20FN3O2/c1-4-11(2)20-15(8-9-18-20)19-16(21)12(3)22-14-7-5-6-13(17)10-14/h5-12H,4H2,1-3H3,(H,19,21). The average molecular weight is 305 g/mol. The summed E-state index contributed by atoms with van der Waals surface area (Å²) in [5, 5.41) is 6.99. The number of nitrogens with one attached hydrogen (secondary N) is 1. The molecule has 5 nitrogen and oxygen atoms in total. The van der Waals surface area contributed by atoms with Crippen molar-refractivity contribution in [3.05, 3.63) is 42.3 Å². The molecule has 118 valence electrons. The number of anilines is 1. The van der Waals surface area contributed by atoms with E-state index in [1.54, 1.807) is 29.9 Å². The third-order valence-corrected chi connectivity index (χ3v) is 3.41. The zero-order chi connectivity index (χ0) is 16.1. The molecule has 0 aliphatic heterocycles. The van der Waals surface area contributed by atoms with Crippen LogP contribution in [0.4, 0.5) is 10.2 Å². The third-order valence-electron chi connectivity index (χ3n) is 3.41. The van der Waals surface area contributed by atoms with Crippen LogP contribution in [0.1, 0.15) is 33.2 Å². The van der Waals surface area contributed by atoms with Crippen LogP contribution in [0.5, 0.6) is 5.75 Å². The molecule has 2 unspecified atom stereocenters. The highest BCUT2D eigenvalue weighted by Crippen LogP contribution is 2.18. The van der Waals surface area contributed by atoms with Gasteiger partial charge in [-0.05, 0) is 32.4 Å². The Hall–Kier alpha value is -2.37. The van der Waals surface area contributed by atoms with Gasteiger partial charge in [-0.3, -0.25) is 4.79 Å². The van der Waals surface area contributed by atoms with Crippen molar-refractivity contribution in [2.24, 2.45) is 0 Å². The van der Waals surface area contributed by atoms with E-state index in [4.69, 9.17) is 4.74 Å². The summed E-state index contributed by atoms with van der Waals surface area (Å²) in [6.45, 7) is 5.69. The number of hydrogen-bond donors (Lipinski definition) is 1. The summed E-state index contributed by atoms with van der Waals surface area (Å²) < 4.78 is 20.3. The Bertz CT molecular complexity index is 642. The van der Waals surface area contributed by atoms with Gasteiger partial charge in [0.1, 0.15) is 17.4 Å². The van der Waals surface area contributed by atoms with Crippen molar-refractivity contribution < 1.29 is 13.9 Å². The van der Waals surface area contributed by atoms with Crippen LogP contribution >= 0.6 is 0 Å². The Morgan fingerprint density at radius 2 is 2.18 bits per heavy atom. The Labute approximate surface area is 129 Å². The molecule has 6 heteroatoms. The van der Waals surface area contributed by atoms with E-state index in [9.17, 15) is 9.18 Å². The normalized spacial score (nSPS) is 13.5. The van der Waals surface area contributed by atoms with E-state index in [1.807, 2.05) is 13.8 Å². The third kappa shape index (κ3) is 3.84. The molecule has 0 saturated heterocycles. The summed E-state index contributed by atoms with van der Waals surface area (Å²) in [4.78, 5) is 12.2. The largest absolute Gasteiger partial charge is 0.481 e. The summed E-state index contributed by atoms with van der Waals surface area (Å²) in [5.41, 5.74) is 0. The van der Waals surface area contributed by atoms with Crippen LogP contribution in [0.15, 0.2) is 36.5 Å². The summed E-state index contributed by atoms with van der Waals surface area (Å²) >= 11 is 0. The molecule has 2 atom stereocenters. The van der Waals surface area contributed by atoms with E-state index in [-0.39, 0.29) is 11.9 Å². The molecule has 2 rings (SSSR count). The van der Waals surface area contributed by atoms with Crippen molar-refractivity contribution >= 4 is 11.7 Å². The van der Waals surface area contributed by atoms with Gasteiger partial charge in [0.2, 0.25) is 0 Å². The number of ether oxygens (including phenoxy) is 1. The Morgan fingerprint density at radius 1 is 1.41 bits per heavy atom. The molecule has 0 spiro atoms. The highest BCUT2D eigenvalue weighted by molar-refractivity contribution is 5.93. The number of nitrogens with zero attached hydrogens (tertiary/aromatic N) is 2. The Balaban J connectivity index is 2.01. The van der Waals surface area contributed by atoms with E-state index in [0.717, 1.165) is 6.42 Å². The van der Waals surface area contributed by atoms with E-state index in [0.29, 0.717) is 11.6 Å². The van der Waals surface area contributed by atoms with Crippen LogP contribution in [-0.4, -0.2) is 21.8 Å². The molecule has 0 radical (unpaired) electrons. The van der Waals surface area contributed by atoms with Gasteiger partial charge in [-0.1, -0.05) is 13.0 Å². The summed E-state index contributed by atoms with van der Waals surface area (Å²) in [7, 11) is 0. The van der Waals surface area contributed by atoms with Gasteiger partial charge in [0.15, 0.2) is 6.10 Å². The predicted octanol–water partition coefficient (Wildman–Crippen LogP) is 3.40. The molecule has 0 saturated carbocycles. The summed E-state index contributed by atoms with van der Waals surface area (Å²) in [6, 6.07) is 7.63. The highest BCUT2D eigenvalue weighted by atomic mass is 19.1. The van der Waals surface area contributed by atoms with Gasteiger partial charge in [0.05, 0.1) is 12.2 Å². The zero-order valence-corrected chi connectivity index (χ0v) is 12.9. The second-order valence-corrected chi connectivity index (χ2v) is 5.12. The van der Waals surface area contributed by atoms with Crippen LogP contribution in [0.2, 0.25) is 0 Å². The van der Waals surface area contributed by atoms with Crippen molar-refractivity contribution in [3.8, 4) is 5.75 Å². The number of carbonyl (C=O) groups excluding carboxylic acids is 1. The van der Waals surface area contributed by atoms with Crippen molar-refractivity contribution in [2.75, 3.05) is 5.32 Å². The monoisotopic (exact) mass is 305 g/mol. The van der Waals surface area contributed by atoms with Gasteiger partial charge in [0.25, 0.3) is 5.91 Å². The minimum Gasteiger partial charge on any atom is -0.481 e. The molecular formula is C16H20FN3O2. The van der Waals surface area contributed by atoms with Gasteiger partial charge in [-0.25, -0.2) is 9.07 Å². The molecule has 1 N–H and O–H groups in total. The molecule has 1 aromatic heterocycles. The topological polar surface area (TPSA) is 56.2 Å². The first kappa shape index (κ1) is 16.0. The first-order valence-corrected chi connectivity index (χ1v) is 7.28. The SMILES string of the molecule is CCC(C)n1nccc1NC(=O)C(C)Oc1cccc(F)c1. The van der Waals surface area contributed by atoms with E-state index < -0.39 is 11.9 Å². The molecule has 1 amide bonds. The van der Waals surface area contributed by atoms with Crippen LogP contribution in [-0.2, 0) is 4.79 Å². The van der Waals surface area contributed by atoms with E-state index >= 15 is 0 Å². The van der Waals surface area contributed by atoms with Crippen molar-refractivity contribution in [1.82, 2.24) is 9.78 Å². The lowest BCUT2D eigenvalue weighted by atomic mass is 10.3. The summed E-state index contributed by atoms with van der Waals surface area (Å²) in [5.74, 6) is 0.224. The molecule has 1 aromatic carbocycles. The van der Waals surface area contributed by atoms with Crippen LogP contribution < -0.4 is 10.1 Å². The van der Waals surface area contributed by atoms with Gasteiger partial charge in [-0.15, -0.1) is 0 Å². The van der Waals surface area contributed by atoms with Crippen LogP contribution in [0.25, 0.3) is 0 Å². The molecule has 0 fully saturated rings. The van der Waals surface area contributed by atoms with Gasteiger partial charge >= 0.3 is 0 Å². The molecular weight excluding hydrogens is 285 g/mol. The number of carbonyl (C=O) groups is 1. The number of aromatic nitrogens is 2. The zero-order valence-electron chi connectivity index (χ0n) is 12.9. The fourth-order valence-corrected chi connectivity index (χ4v) is 1.96. The lowest BCUT2D eigenvalue weighted by Crippen LogP contribution is -2.31. The highest BCUT2D eigenvalue weighted by Gasteiger charge is 2.18. The fraction of sp³-hybridized carbons (Fsp3) is 0.375. The minimum absolute atomic E-state index is 0.185. The molecule has 0 aliphatic carbocycles. The van der Waals surface area contributed by atoms with E-state index in [1.165, 1.54) is 18.2 Å². The first-order chi connectivity index (χ1) is 10.5. The maximum Gasteiger partial charge on any atom is 0.266 e. The second-order valence-electron chi connectivity index (χ2n) is 5.12. The van der Waals surface area contributed by atoms with Crippen LogP contribution in [0.3, 0.4) is 0 Å². The smallest absolute Gasteiger partial charge is 0.266 e. The molecule has 1 heterocycles.